The van der Waals surface area contributed by atoms with Gasteiger partial charge >= 0.3 is 18.0 Å². The van der Waals surface area contributed by atoms with Gasteiger partial charge in [0, 0.05) is 0 Å². The second-order valence-corrected chi connectivity index (χ2v) is 2.97. The summed E-state index contributed by atoms with van der Waals surface area (Å²) in [6.07, 6.45) is -12.6. The molecule has 0 fully saturated rings. The van der Waals surface area contributed by atoms with Crippen LogP contribution in [0, 0.1) is 0 Å². The molecule has 16 heavy (non-hydrogen) atoms. The van der Waals surface area contributed by atoms with Gasteiger partial charge in [-0.05, 0) is 0 Å². The summed E-state index contributed by atoms with van der Waals surface area (Å²) in [6, 6.07) is 0. The molecule has 0 aromatic heterocycles. The van der Waals surface area contributed by atoms with E-state index in [1.54, 1.807) is 0 Å². The highest BCUT2D eigenvalue weighted by Gasteiger charge is 2.70. The zero-order chi connectivity index (χ0) is 13.4. The van der Waals surface area contributed by atoms with Crippen molar-refractivity contribution in [3.63, 3.8) is 0 Å². The predicted molar refractivity (Wildman–Crippen MR) is 35.9 cm³/mol. The summed E-state index contributed by atoms with van der Waals surface area (Å²) in [5.74, 6) is -12.0. The average molecular weight is 281 g/mol. The maximum Gasteiger partial charge on any atom is 0.425 e. The van der Waals surface area contributed by atoms with Crippen LogP contribution in [0.1, 0.15) is 0 Å². The number of hydrogen-bond acceptors (Lipinski definition) is 0. The zero-order valence-corrected chi connectivity index (χ0v) is 7.69. The van der Waals surface area contributed by atoms with Crippen LogP contribution >= 0.6 is 11.6 Å². The van der Waals surface area contributed by atoms with Gasteiger partial charge in [0.25, 0.3) is 6.17 Å². The van der Waals surface area contributed by atoms with Gasteiger partial charge in [-0.25, -0.2) is 8.78 Å². The summed E-state index contributed by atoms with van der Waals surface area (Å²) < 4.78 is 108. The van der Waals surface area contributed by atoms with Gasteiger partial charge in [-0.3, -0.25) is 0 Å². The standard InChI is InChI=1S/C6H2ClF9/c7-2(1-8)4(10,11)5(12,13)3(9)6(14,15)16/h1,3H. The van der Waals surface area contributed by atoms with Crippen molar-refractivity contribution in [2.24, 2.45) is 0 Å². The van der Waals surface area contributed by atoms with E-state index in [1.807, 2.05) is 0 Å². The minimum atomic E-state index is -6.22. The predicted octanol–water partition coefficient (Wildman–Crippen LogP) is 4.21. The van der Waals surface area contributed by atoms with Gasteiger partial charge in [-0.2, -0.15) is 30.7 Å². The van der Waals surface area contributed by atoms with Crippen LogP contribution in [0.3, 0.4) is 0 Å². The Kier molecular flexibility index (Phi) is 4.18. The first-order valence-electron chi connectivity index (χ1n) is 3.31. The lowest BCUT2D eigenvalue weighted by molar-refractivity contribution is -0.294. The van der Waals surface area contributed by atoms with Gasteiger partial charge in [0.15, 0.2) is 0 Å². The normalized spacial score (nSPS) is 17.5. The Morgan fingerprint density at radius 1 is 1.00 bits per heavy atom. The monoisotopic (exact) mass is 280 g/mol. The molecule has 10 heteroatoms. The Balaban J connectivity index is 5.36. The van der Waals surface area contributed by atoms with E-state index in [1.165, 1.54) is 0 Å². The van der Waals surface area contributed by atoms with Crippen molar-refractivity contribution in [3.05, 3.63) is 11.4 Å². The maximum atomic E-state index is 12.4. The molecule has 0 aromatic carbocycles. The molecular formula is C6H2ClF9. The lowest BCUT2D eigenvalue weighted by Gasteiger charge is -2.29. The number of halogens is 10. The lowest BCUT2D eigenvalue weighted by Crippen LogP contribution is -2.53. The molecule has 0 saturated heterocycles. The van der Waals surface area contributed by atoms with Crippen molar-refractivity contribution in [1.29, 1.82) is 0 Å². The highest BCUT2D eigenvalue weighted by molar-refractivity contribution is 6.30. The third-order valence-electron chi connectivity index (χ3n) is 1.42. The number of hydrogen-bond donors (Lipinski definition) is 0. The second-order valence-electron chi connectivity index (χ2n) is 2.56. The first kappa shape index (κ1) is 15.4. The molecule has 0 aliphatic rings. The quantitative estimate of drug-likeness (QED) is 0.680. The molecule has 0 nitrogen and oxygen atoms in total. The Bertz CT molecular complexity index is 278. The molecule has 0 spiro atoms. The Morgan fingerprint density at radius 3 is 1.62 bits per heavy atom. The van der Waals surface area contributed by atoms with Crippen LogP contribution in [0.25, 0.3) is 0 Å². The zero-order valence-electron chi connectivity index (χ0n) is 6.93. The largest absolute Gasteiger partial charge is 0.425 e. The minimum Gasteiger partial charge on any atom is -0.230 e. The van der Waals surface area contributed by atoms with Gasteiger partial charge in [0.1, 0.15) is 11.4 Å². The van der Waals surface area contributed by atoms with Crippen molar-refractivity contribution < 1.29 is 39.5 Å². The van der Waals surface area contributed by atoms with Crippen LogP contribution < -0.4 is 0 Å². The molecule has 1 unspecified atom stereocenters. The van der Waals surface area contributed by atoms with E-state index < -0.39 is 35.6 Å². The smallest absolute Gasteiger partial charge is 0.230 e. The van der Waals surface area contributed by atoms with Gasteiger partial charge in [0.05, 0.1) is 0 Å². The van der Waals surface area contributed by atoms with E-state index in [0.29, 0.717) is 0 Å². The number of alkyl halides is 8. The summed E-state index contributed by atoms with van der Waals surface area (Å²) in [7, 11) is 0. The molecule has 0 bridgehead atoms. The van der Waals surface area contributed by atoms with E-state index >= 15 is 0 Å². The molecular weight excluding hydrogens is 279 g/mol. The lowest BCUT2D eigenvalue weighted by atomic mass is 10.1. The third kappa shape index (κ3) is 2.55. The van der Waals surface area contributed by atoms with Crippen LogP contribution in [0.5, 0.6) is 0 Å². The van der Waals surface area contributed by atoms with E-state index in [0.717, 1.165) is 0 Å². The molecule has 0 aliphatic heterocycles. The fourth-order valence-electron chi connectivity index (χ4n) is 0.592. The fourth-order valence-corrected chi connectivity index (χ4v) is 0.718. The Labute approximate surface area is 87.7 Å². The fraction of sp³-hybridized carbons (Fsp3) is 0.667. The number of rotatable bonds is 3. The van der Waals surface area contributed by atoms with Gasteiger partial charge in [-0.15, -0.1) is 0 Å². The summed E-state index contributed by atoms with van der Waals surface area (Å²) in [5, 5.41) is -2.52. The van der Waals surface area contributed by atoms with E-state index in [-0.39, 0.29) is 0 Å². The molecule has 0 radical (unpaired) electrons. The van der Waals surface area contributed by atoms with E-state index in [2.05, 4.69) is 11.6 Å². The van der Waals surface area contributed by atoms with Gasteiger partial charge < -0.3 is 0 Å². The van der Waals surface area contributed by atoms with Gasteiger partial charge in [0.2, 0.25) is 0 Å². The summed E-state index contributed by atoms with van der Waals surface area (Å²) in [6.45, 7) is 0. The maximum absolute atomic E-state index is 12.4. The number of allylic oxidation sites excluding steroid dienone is 1. The Morgan fingerprint density at radius 2 is 1.38 bits per heavy atom. The van der Waals surface area contributed by atoms with E-state index in [4.69, 9.17) is 0 Å². The minimum absolute atomic E-state index is 1.24. The molecule has 0 amide bonds. The highest BCUT2D eigenvalue weighted by atomic mass is 35.5. The summed E-state index contributed by atoms with van der Waals surface area (Å²) in [5.41, 5.74) is 0. The topological polar surface area (TPSA) is 0 Å². The third-order valence-corrected chi connectivity index (χ3v) is 1.74. The Hall–Kier alpha value is -0.600. The first-order chi connectivity index (χ1) is 6.89. The van der Waals surface area contributed by atoms with Crippen LogP contribution in [-0.4, -0.2) is 24.2 Å². The van der Waals surface area contributed by atoms with Crippen molar-refractivity contribution >= 4 is 11.6 Å². The SMILES string of the molecule is FC=C(Cl)C(F)(F)C(F)(F)C(F)C(F)(F)F. The van der Waals surface area contributed by atoms with Crippen LogP contribution in [0.4, 0.5) is 39.5 Å². The molecule has 0 N–H and O–H groups in total. The second kappa shape index (κ2) is 4.34. The average Bonchev–Trinajstić information content (AvgIpc) is 2.13. The molecule has 0 saturated carbocycles. The summed E-state index contributed by atoms with van der Waals surface area (Å²) >= 11 is 4.26. The molecule has 0 aliphatic carbocycles. The van der Waals surface area contributed by atoms with Crippen molar-refractivity contribution in [3.8, 4) is 0 Å². The molecule has 0 aromatic rings. The van der Waals surface area contributed by atoms with Crippen molar-refractivity contribution in [1.82, 2.24) is 0 Å². The first-order valence-corrected chi connectivity index (χ1v) is 3.69. The molecule has 0 heterocycles. The van der Waals surface area contributed by atoms with Gasteiger partial charge in [-0.1, -0.05) is 11.6 Å². The molecule has 1 atom stereocenters. The molecule has 96 valence electrons. The highest BCUT2D eigenvalue weighted by Crippen LogP contribution is 2.48. The van der Waals surface area contributed by atoms with Crippen LogP contribution in [-0.2, 0) is 0 Å². The van der Waals surface area contributed by atoms with Crippen molar-refractivity contribution in [2.45, 2.75) is 24.2 Å². The van der Waals surface area contributed by atoms with Crippen LogP contribution in [0.2, 0.25) is 0 Å². The van der Waals surface area contributed by atoms with Crippen molar-refractivity contribution in [2.75, 3.05) is 0 Å². The molecule has 0 rings (SSSR count). The van der Waals surface area contributed by atoms with E-state index in [9.17, 15) is 39.5 Å². The van der Waals surface area contributed by atoms with Crippen LogP contribution in [0.15, 0.2) is 11.4 Å². The summed E-state index contributed by atoms with van der Waals surface area (Å²) in [4.78, 5) is 0.